The van der Waals surface area contributed by atoms with Crippen LogP contribution in [0.2, 0.25) is 0 Å². The summed E-state index contributed by atoms with van der Waals surface area (Å²) < 4.78 is 1.63. The smallest absolute Gasteiger partial charge is 0.231 e. The number of rotatable bonds is 5. The van der Waals surface area contributed by atoms with Crippen molar-refractivity contribution in [2.24, 2.45) is 0 Å². The zero-order chi connectivity index (χ0) is 17.7. The summed E-state index contributed by atoms with van der Waals surface area (Å²) in [6.45, 7) is 1.98. The van der Waals surface area contributed by atoms with Gasteiger partial charge in [0.2, 0.25) is 11.1 Å². The number of hydrogen-bond donors (Lipinski definition) is 1. The SMILES string of the molecule is Cc1ccccc1-n1nnnc1SCC(=O)NC1(C#N)CCCCC1. The lowest BCUT2D eigenvalue weighted by Gasteiger charge is -2.31. The van der Waals surface area contributed by atoms with Gasteiger partial charge in [-0.3, -0.25) is 4.79 Å². The largest absolute Gasteiger partial charge is 0.337 e. The molecule has 3 rings (SSSR count). The summed E-state index contributed by atoms with van der Waals surface area (Å²) in [4.78, 5) is 12.3. The Bertz CT molecular complexity index is 790. The maximum absolute atomic E-state index is 12.3. The molecule has 130 valence electrons. The molecule has 7 nitrogen and oxygen atoms in total. The number of para-hydroxylation sites is 1. The predicted molar refractivity (Wildman–Crippen MR) is 94.2 cm³/mol. The van der Waals surface area contributed by atoms with Gasteiger partial charge in [-0.1, -0.05) is 49.2 Å². The zero-order valence-electron chi connectivity index (χ0n) is 14.1. The highest BCUT2D eigenvalue weighted by Crippen LogP contribution is 2.28. The van der Waals surface area contributed by atoms with Gasteiger partial charge < -0.3 is 5.32 Å². The lowest BCUT2D eigenvalue weighted by atomic mass is 9.83. The van der Waals surface area contributed by atoms with Gasteiger partial charge in [-0.25, -0.2) is 0 Å². The molecule has 1 amide bonds. The number of amides is 1. The molecule has 0 radical (unpaired) electrons. The molecule has 1 aromatic heterocycles. The van der Waals surface area contributed by atoms with E-state index in [4.69, 9.17) is 0 Å². The fraction of sp³-hybridized carbons (Fsp3) is 0.471. The standard InChI is InChI=1S/C17H20N6OS/c1-13-7-3-4-8-14(13)23-16(20-21-22-23)25-11-15(24)19-17(12-18)9-5-2-6-10-17/h3-4,7-8H,2,5-6,9-11H2,1H3,(H,19,24). The minimum Gasteiger partial charge on any atom is -0.337 e. The van der Waals surface area contributed by atoms with Crippen molar-refractivity contribution in [3.8, 4) is 11.8 Å². The summed E-state index contributed by atoms with van der Waals surface area (Å²) in [6, 6.07) is 10.1. The van der Waals surface area contributed by atoms with Crippen LogP contribution in [0, 0.1) is 18.3 Å². The average Bonchev–Trinajstić information content (AvgIpc) is 3.09. The zero-order valence-corrected chi connectivity index (χ0v) is 14.9. The fourth-order valence-electron chi connectivity index (χ4n) is 3.07. The number of nitrogens with one attached hydrogen (secondary N) is 1. The van der Waals surface area contributed by atoms with Crippen LogP contribution in [0.3, 0.4) is 0 Å². The van der Waals surface area contributed by atoms with Crippen molar-refractivity contribution < 1.29 is 4.79 Å². The highest BCUT2D eigenvalue weighted by Gasteiger charge is 2.33. The van der Waals surface area contributed by atoms with E-state index in [1.54, 1.807) is 4.68 Å². The van der Waals surface area contributed by atoms with Crippen LogP contribution >= 0.6 is 11.8 Å². The van der Waals surface area contributed by atoms with Crippen molar-refractivity contribution in [1.82, 2.24) is 25.5 Å². The van der Waals surface area contributed by atoms with Crippen LogP contribution in [-0.2, 0) is 4.79 Å². The van der Waals surface area contributed by atoms with Crippen LogP contribution in [0.25, 0.3) is 5.69 Å². The molecule has 1 aliphatic rings. The van der Waals surface area contributed by atoms with Crippen LogP contribution < -0.4 is 5.32 Å². The highest BCUT2D eigenvalue weighted by atomic mass is 32.2. The molecule has 0 spiro atoms. The topological polar surface area (TPSA) is 96.5 Å². The van der Waals surface area contributed by atoms with Gasteiger partial charge >= 0.3 is 0 Å². The van der Waals surface area contributed by atoms with Gasteiger partial charge in [0.15, 0.2) is 0 Å². The molecule has 1 N–H and O–H groups in total. The van der Waals surface area contributed by atoms with E-state index >= 15 is 0 Å². The van der Waals surface area contributed by atoms with Crippen molar-refractivity contribution in [3.05, 3.63) is 29.8 Å². The van der Waals surface area contributed by atoms with Crippen LogP contribution in [0.15, 0.2) is 29.4 Å². The van der Waals surface area contributed by atoms with Gasteiger partial charge in [0.1, 0.15) is 5.54 Å². The molecular formula is C17H20N6OS. The molecule has 8 heteroatoms. The first kappa shape index (κ1) is 17.4. The summed E-state index contributed by atoms with van der Waals surface area (Å²) in [6.07, 6.45) is 4.53. The number of tetrazole rings is 1. The Morgan fingerprint density at radius 1 is 1.36 bits per heavy atom. The number of hydrogen-bond acceptors (Lipinski definition) is 6. The third kappa shape index (κ3) is 3.99. The van der Waals surface area contributed by atoms with Crippen molar-refractivity contribution >= 4 is 17.7 Å². The number of nitrogens with zero attached hydrogens (tertiary/aromatic N) is 5. The summed E-state index contributed by atoms with van der Waals surface area (Å²) in [7, 11) is 0. The maximum Gasteiger partial charge on any atom is 0.231 e. The van der Waals surface area contributed by atoms with Gasteiger partial charge in [0.25, 0.3) is 0 Å². The second-order valence-corrected chi connectivity index (χ2v) is 7.19. The van der Waals surface area contributed by atoms with Crippen molar-refractivity contribution in [3.63, 3.8) is 0 Å². The van der Waals surface area contributed by atoms with E-state index in [1.807, 2.05) is 31.2 Å². The number of thioether (sulfide) groups is 1. The minimum absolute atomic E-state index is 0.159. The molecule has 1 aromatic carbocycles. The Labute approximate surface area is 150 Å². The summed E-state index contributed by atoms with van der Waals surface area (Å²) in [5, 5.41) is 24.7. The molecule has 1 fully saturated rings. The molecule has 1 saturated carbocycles. The first-order chi connectivity index (χ1) is 12.1. The van der Waals surface area contributed by atoms with Crippen LogP contribution in [0.5, 0.6) is 0 Å². The summed E-state index contributed by atoms with van der Waals surface area (Å²) in [5.74, 6) is 0.0168. The number of aromatic nitrogens is 4. The lowest BCUT2D eigenvalue weighted by Crippen LogP contribution is -2.49. The van der Waals surface area contributed by atoms with E-state index in [0.717, 1.165) is 43.4 Å². The number of carbonyl (C=O) groups excluding carboxylic acids is 1. The van der Waals surface area contributed by atoms with E-state index in [1.165, 1.54) is 11.8 Å². The molecule has 25 heavy (non-hydrogen) atoms. The Morgan fingerprint density at radius 3 is 2.84 bits per heavy atom. The van der Waals surface area contributed by atoms with Gasteiger partial charge in [-0.05, 0) is 41.8 Å². The number of nitriles is 1. The fourth-order valence-corrected chi connectivity index (χ4v) is 3.76. The monoisotopic (exact) mass is 356 g/mol. The van der Waals surface area contributed by atoms with E-state index in [0.29, 0.717) is 5.16 Å². The third-order valence-corrected chi connectivity index (χ3v) is 5.34. The molecule has 1 aliphatic carbocycles. The first-order valence-corrected chi connectivity index (χ1v) is 9.31. The van der Waals surface area contributed by atoms with Crippen LogP contribution in [0.1, 0.15) is 37.7 Å². The Kier molecular flexibility index (Phi) is 5.34. The van der Waals surface area contributed by atoms with Gasteiger partial charge in [-0.2, -0.15) is 9.94 Å². The second-order valence-electron chi connectivity index (χ2n) is 6.25. The number of benzene rings is 1. The van der Waals surface area contributed by atoms with Crippen molar-refractivity contribution in [2.45, 2.75) is 49.7 Å². The van der Waals surface area contributed by atoms with E-state index in [-0.39, 0.29) is 11.7 Å². The lowest BCUT2D eigenvalue weighted by molar-refractivity contribution is -0.120. The number of carbonyl (C=O) groups is 1. The van der Waals surface area contributed by atoms with Gasteiger partial charge in [0, 0.05) is 0 Å². The average molecular weight is 356 g/mol. The molecule has 0 saturated heterocycles. The summed E-state index contributed by atoms with van der Waals surface area (Å²) in [5.41, 5.74) is 1.22. The summed E-state index contributed by atoms with van der Waals surface area (Å²) >= 11 is 1.27. The van der Waals surface area contributed by atoms with Crippen molar-refractivity contribution in [2.75, 3.05) is 5.75 Å². The Balaban J connectivity index is 1.65. The first-order valence-electron chi connectivity index (χ1n) is 8.33. The van der Waals surface area contributed by atoms with Crippen molar-refractivity contribution in [1.29, 1.82) is 5.26 Å². The quantitative estimate of drug-likeness (QED) is 0.826. The molecular weight excluding hydrogens is 336 g/mol. The minimum atomic E-state index is -0.710. The van der Waals surface area contributed by atoms with Crippen LogP contribution in [-0.4, -0.2) is 37.4 Å². The van der Waals surface area contributed by atoms with E-state index < -0.39 is 5.54 Å². The molecule has 0 aliphatic heterocycles. The third-order valence-electron chi connectivity index (χ3n) is 4.42. The Hall–Kier alpha value is -2.40. The Morgan fingerprint density at radius 2 is 2.12 bits per heavy atom. The predicted octanol–water partition coefficient (Wildman–Crippen LogP) is 2.41. The maximum atomic E-state index is 12.3. The molecule has 2 aromatic rings. The molecule has 0 unspecified atom stereocenters. The van der Waals surface area contributed by atoms with E-state index in [2.05, 4.69) is 26.9 Å². The number of aryl methyl sites for hydroxylation is 1. The van der Waals surface area contributed by atoms with Gasteiger partial charge in [-0.15, -0.1) is 5.10 Å². The second kappa shape index (κ2) is 7.66. The molecule has 0 bridgehead atoms. The highest BCUT2D eigenvalue weighted by molar-refractivity contribution is 7.99. The van der Waals surface area contributed by atoms with Gasteiger partial charge in [0.05, 0.1) is 17.5 Å². The van der Waals surface area contributed by atoms with E-state index in [9.17, 15) is 10.1 Å². The molecule has 1 heterocycles. The normalized spacial score (nSPS) is 16.2. The van der Waals surface area contributed by atoms with Crippen LogP contribution in [0.4, 0.5) is 0 Å². The molecule has 0 atom stereocenters.